The normalized spacial score (nSPS) is 12.7. The van der Waals surface area contributed by atoms with E-state index in [4.69, 9.17) is 5.73 Å². The molecule has 15 heavy (non-hydrogen) atoms. The van der Waals surface area contributed by atoms with Crippen molar-refractivity contribution >= 4 is 0 Å². The molecule has 0 aliphatic heterocycles. The van der Waals surface area contributed by atoms with E-state index < -0.39 is 0 Å². The van der Waals surface area contributed by atoms with E-state index in [9.17, 15) is 5.11 Å². The molecule has 0 saturated heterocycles. The molecule has 78 valence electrons. The first-order valence-corrected chi connectivity index (χ1v) is 4.64. The van der Waals surface area contributed by atoms with Crippen LogP contribution in [0.5, 0.6) is 5.75 Å². The van der Waals surface area contributed by atoms with Crippen LogP contribution in [0.3, 0.4) is 0 Å². The van der Waals surface area contributed by atoms with Crippen LogP contribution in [0, 0.1) is 0 Å². The van der Waals surface area contributed by atoms with Gasteiger partial charge in [0.1, 0.15) is 11.6 Å². The first kappa shape index (κ1) is 9.67. The second-order valence-corrected chi connectivity index (χ2v) is 3.35. The Labute approximate surface area is 87.0 Å². The monoisotopic (exact) mass is 204 g/mol. The fourth-order valence-corrected chi connectivity index (χ4v) is 1.26. The molecule has 5 nitrogen and oxygen atoms in total. The zero-order chi connectivity index (χ0) is 10.8. The predicted octanol–water partition coefficient (Wildman–Crippen LogP) is 1.20. The quantitative estimate of drug-likeness (QED) is 0.685. The van der Waals surface area contributed by atoms with Gasteiger partial charge in [-0.25, -0.2) is 4.98 Å². The van der Waals surface area contributed by atoms with E-state index in [0.717, 1.165) is 0 Å². The maximum absolute atomic E-state index is 9.59. The van der Waals surface area contributed by atoms with Crippen LogP contribution < -0.4 is 5.73 Å². The minimum Gasteiger partial charge on any atom is -0.507 e. The SMILES string of the molecule is CC(N)c1nc(-c2ccccc2O)n[nH]1. The molecular weight excluding hydrogens is 192 g/mol. The summed E-state index contributed by atoms with van der Waals surface area (Å²) in [5.41, 5.74) is 6.24. The zero-order valence-corrected chi connectivity index (χ0v) is 8.31. The summed E-state index contributed by atoms with van der Waals surface area (Å²) in [6.45, 7) is 1.81. The number of H-pyrrole nitrogens is 1. The highest BCUT2D eigenvalue weighted by molar-refractivity contribution is 5.62. The van der Waals surface area contributed by atoms with Crippen LogP contribution in [-0.4, -0.2) is 20.3 Å². The van der Waals surface area contributed by atoms with Gasteiger partial charge in [0.05, 0.1) is 11.6 Å². The van der Waals surface area contributed by atoms with E-state index in [1.165, 1.54) is 0 Å². The lowest BCUT2D eigenvalue weighted by molar-refractivity contribution is 0.477. The summed E-state index contributed by atoms with van der Waals surface area (Å²) < 4.78 is 0. The van der Waals surface area contributed by atoms with Gasteiger partial charge in [-0.1, -0.05) is 12.1 Å². The maximum atomic E-state index is 9.59. The molecule has 1 heterocycles. The van der Waals surface area contributed by atoms with Gasteiger partial charge >= 0.3 is 0 Å². The Morgan fingerprint density at radius 3 is 2.73 bits per heavy atom. The van der Waals surface area contributed by atoms with Gasteiger partial charge < -0.3 is 10.8 Å². The van der Waals surface area contributed by atoms with E-state index in [0.29, 0.717) is 17.2 Å². The summed E-state index contributed by atoms with van der Waals surface area (Å²) >= 11 is 0. The van der Waals surface area contributed by atoms with Crippen molar-refractivity contribution in [2.75, 3.05) is 0 Å². The molecular formula is C10H12N4O. The molecule has 0 radical (unpaired) electrons. The van der Waals surface area contributed by atoms with Crippen molar-refractivity contribution in [3.8, 4) is 17.1 Å². The van der Waals surface area contributed by atoms with Crippen molar-refractivity contribution in [2.24, 2.45) is 5.73 Å². The number of rotatable bonds is 2. The Bertz CT molecular complexity index is 464. The fraction of sp³-hybridized carbons (Fsp3) is 0.200. The Kier molecular flexibility index (Phi) is 2.39. The molecule has 0 saturated carbocycles. The summed E-state index contributed by atoms with van der Waals surface area (Å²) in [4.78, 5) is 4.19. The smallest absolute Gasteiger partial charge is 0.184 e. The number of aromatic amines is 1. The molecule has 0 spiro atoms. The number of nitrogens with zero attached hydrogens (tertiary/aromatic N) is 2. The van der Waals surface area contributed by atoms with Crippen LogP contribution in [0.1, 0.15) is 18.8 Å². The van der Waals surface area contributed by atoms with Crippen molar-refractivity contribution in [1.82, 2.24) is 15.2 Å². The van der Waals surface area contributed by atoms with Gasteiger partial charge in [0.2, 0.25) is 0 Å². The summed E-state index contributed by atoms with van der Waals surface area (Å²) in [5, 5.41) is 16.3. The molecule has 2 rings (SSSR count). The van der Waals surface area contributed by atoms with Crippen molar-refractivity contribution in [2.45, 2.75) is 13.0 Å². The minimum absolute atomic E-state index is 0.160. The van der Waals surface area contributed by atoms with Gasteiger partial charge in [-0.3, -0.25) is 5.10 Å². The van der Waals surface area contributed by atoms with E-state index in [2.05, 4.69) is 15.2 Å². The van der Waals surface area contributed by atoms with Crippen molar-refractivity contribution in [3.63, 3.8) is 0 Å². The predicted molar refractivity (Wildman–Crippen MR) is 56.1 cm³/mol. The highest BCUT2D eigenvalue weighted by atomic mass is 16.3. The molecule has 1 aromatic heterocycles. The molecule has 0 fully saturated rings. The second-order valence-electron chi connectivity index (χ2n) is 3.35. The molecule has 0 bridgehead atoms. The lowest BCUT2D eigenvalue weighted by Gasteiger charge is -1.98. The molecule has 0 amide bonds. The topological polar surface area (TPSA) is 87.8 Å². The molecule has 1 atom stereocenters. The number of hydrogen-bond acceptors (Lipinski definition) is 4. The number of nitrogens with one attached hydrogen (secondary N) is 1. The third-order valence-electron chi connectivity index (χ3n) is 2.08. The van der Waals surface area contributed by atoms with Crippen LogP contribution in [0.4, 0.5) is 0 Å². The molecule has 5 heteroatoms. The van der Waals surface area contributed by atoms with Gasteiger partial charge in [-0.2, -0.15) is 5.10 Å². The molecule has 2 aromatic rings. The lowest BCUT2D eigenvalue weighted by Crippen LogP contribution is -2.06. The van der Waals surface area contributed by atoms with Gasteiger partial charge in [0.15, 0.2) is 5.82 Å². The lowest BCUT2D eigenvalue weighted by atomic mass is 10.2. The van der Waals surface area contributed by atoms with Gasteiger partial charge in [0.25, 0.3) is 0 Å². The Morgan fingerprint density at radius 1 is 1.40 bits per heavy atom. The van der Waals surface area contributed by atoms with Gasteiger partial charge in [-0.15, -0.1) is 0 Å². The minimum atomic E-state index is -0.197. The summed E-state index contributed by atoms with van der Waals surface area (Å²) in [5.74, 6) is 1.22. The number of aromatic nitrogens is 3. The van der Waals surface area contributed by atoms with Crippen LogP contribution >= 0.6 is 0 Å². The number of benzene rings is 1. The third kappa shape index (κ3) is 1.82. The summed E-state index contributed by atoms with van der Waals surface area (Å²) in [6.07, 6.45) is 0. The number of nitrogens with two attached hydrogens (primary N) is 1. The molecule has 1 aromatic carbocycles. The Balaban J connectivity index is 2.42. The van der Waals surface area contributed by atoms with Crippen molar-refractivity contribution in [1.29, 1.82) is 0 Å². The number of phenols is 1. The van der Waals surface area contributed by atoms with Crippen molar-refractivity contribution in [3.05, 3.63) is 30.1 Å². The largest absolute Gasteiger partial charge is 0.507 e. The second kappa shape index (κ2) is 3.70. The highest BCUT2D eigenvalue weighted by Gasteiger charge is 2.11. The number of para-hydroxylation sites is 1. The number of phenolic OH excluding ortho intramolecular Hbond substituents is 1. The molecule has 1 unspecified atom stereocenters. The summed E-state index contributed by atoms with van der Waals surface area (Å²) in [6, 6.07) is 6.72. The fourth-order valence-electron chi connectivity index (χ4n) is 1.26. The van der Waals surface area contributed by atoms with Crippen LogP contribution in [0.25, 0.3) is 11.4 Å². The molecule has 0 aliphatic rings. The highest BCUT2D eigenvalue weighted by Crippen LogP contribution is 2.25. The first-order valence-electron chi connectivity index (χ1n) is 4.64. The average Bonchev–Trinajstić information content (AvgIpc) is 2.67. The first-order chi connectivity index (χ1) is 7.18. The van der Waals surface area contributed by atoms with Crippen LogP contribution in [0.15, 0.2) is 24.3 Å². The zero-order valence-electron chi connectivity index (χ0n) is 8.31. The number of hydrogen-bond donors (Lipinski definition) is 3. The van der Waals surface area contributed by atoms with Gasteiger partial charge in [-0.05, 0) is 19.1 Å². The van der Waals surface area contributed by atoms with E-state index in [1.807, 2.05) is 13.0 Å². The summed E-state index contributed by atoms with van der Waals surface area (Å²) in [7, 11) is 0. The third-order valence-corrected chi connectivity index (χ3v) is 2.08. The molecule has 4 N–H and O–H groups in total. The van der Waals surface area contributed by atoms with E-state index in [1.54, 1.807) is 18.2 Å². The number of aromatic hydroxyl groups is 1. The average molecular weight is 204 g/mol. The Morgan fingerprint density at radius 2 is 2.13 bits per heavy atom. The van der Waals surface area contributed by atoms with Crippen molar-refractivity contribution < 1.29 is 5.11 Å². The maximum Gasteiger partial charge on any atom is 0.184 e. The van der Waals surface area contributed by atoms with E-state index >= 15 is 0 Å². The van der Waals surface area contributed by atoms with Crippen LogP contribution in [-0.2, 0) is 0 Å². The van der Waals surface area contributed by atoms with Gasteiger partial charge in [0, 0.05) is 0 Å². The standard InChI is InChI=1S/C10H12N4O/c1-6(11)9-12-10(14-13-9)7-4-2-3-5-8(7)15/h2-6,15H,11H2,1H3,(H,12,13,14). The Hall–Kier alpha value is -1.88. The molecule has 0 aliphatic carbocycles. The van der Waals surface area contributed by atoms with E-state index in [-0.39, 0.29) is 11.8 Å². The van der Waals surface area contributed by atoms with Crippen LogP contribution in [0.2, 0.25) is 0 Å².